The maximum Gasteiger partial charge on any atom is 0.211 e. The molecule has 2 aromatic rings. The Labute approximate surface area is 145 Å². The number of aliphatic hydroxyl groups is 1. The van der Waals surface area contributed by atoms with Crippen LogP contribution in [-0.2, 0) is 11.2 Å². The topological polar surface area (TPSA) is 100 Å². The molecule has 2 aromatic carbocycles. The molecule has 6 nitrogen and oxygen atoms in total. The Hall–Kier alpha value is -2.60. The highest BCUT2D eigenvalue weighted by atomic mass is 19.1. The van der Waals surface area contributed by atoms with Gasteiger partial charge >= 0.3 is 0 Å². The number of hydrogen-bond donors (Lipinski definition) is 3. The molecule has 0 saturated carbocycles. The third-order valence-corrected chi connectivity index (χ3v) is 4.15. The predicted octanol–water partition coefficient (Wildman–Crippen LogP) is 3.77. The summed E-state index contributed by atoms with van der Waals surface area (Å²) in [6.07, 6.45) is 1.07. The number of fused-ring (bicyclic) bond motifs is 2. The van der Waals surface area contributed by atoms with Crippen LogP contribution in [0.25, 0.3) is 0 Å². The molecule has 0 radical (unpaired) electrons. The molecule has 7 heteroatoms. The van der Waals surface area contributed by atoms with E-state index in [9.17, 15) is 9.50 Å². The molecule has 3 N–H and O–H groups in total. The van der Waals surface area contributed by atoms with Gasteiger partial charge in [-0.1, -0.05) is 18.2 Å². The molecule has 132 valence electrons. The molecule has 0 amide bonds. The van der Waals surface area contributed by atoms with Crippen molar-refractivity contribution in [3.8, 4) is 11.5 Å². The van der Waals surface area contributed by atoms with E-state index in [-0.39, 0.29) is 24.4 Å². The SMILES string of the molecule is COC(CO)CC1Cc2cc(F)ccc2Oc2ccccc21.N=[N+]=N. The smallest absolute Gasteiger partial charge is 0.211 e. The highest BCUT2D eigenvalue weighted by Crippen LogP contribution is 2.41. The normalized spacial score (nSPS) is 16.0. The van der Waals surface area contributed by atoms with Crippen LogP contribution in [0.4, 0.5) is 4.39 Å². The Morgan fingerprint density at radius 2 is 2.00 bits per heavy atom. The number of nitrogens with zero attached hydrogens (tertiary/aromatic N) is 1. The Morgan fingerprint density at radius 3 is 2.68 bits per heavy atom. The number of ether oxygens (including phenoxy) is 2. The lowest BCUT2D eigenvalue weighted by atomic mass is 9.87. The number of para-hydroxylation sites is 1. The minimum atomic E-state index is -0.266. The average molecular weight is 346 g/mol. The van der Waals surface area contributed by atoms with Gasteiger partial charge in [0.2, 0.25) is 4.91 Å². The quantitative estimate of drug-likeness (QED) is 0.580. The van der Waals surface area contributed by atoms with Crippen molar-refractivity contribution in [2.24, 2.45) is 0 Å². The van der Waals surface area contributed by atoms with Crippen molar-refractivity contribution >= 4 is 0 Å². The van der Waals surface area contributed by atoms with Gasteiger partial charge in [-0.15, -0.1) is 0 Å². The number of methoxy groups -OCH3 is 1. The molecule has 2 atom stereocenters. The van der Waals surface area contributed by atoms with Crippen LogP contribution in [0.15, 0.2) is 42.5 Å². The molecular formula is C18H21FN3O3+. The second-order valence-corrected chi connectivity index (χ2v) is 5.68. The van der Waals surface area contributed by atoms with Gasteiger partial charge in [0.1, 0.15) is 28.4 Å². The Kier molecular flexibility index (Phi) is 6.77. The zero-order valence-electron chi connectivity index (χ0n) is 13.9. The molecule has 1 heterocycles. The van der Waals surface area contributed by atoms with E-state index >= 15 is 0 Å². The van der Waals surface area contributed by atoms with Gasteiger partial charge < -0.3 is 14.6 Å². The first-order valence-corrected chi connectivity index (χ1v) is 7.85. The van der Waals surface area contributed by atoms with Crippen molar-refractivity contribution in [1.82, 2.24) is 4.91 Å². The van der Waals surface area contributed by atoms with E-state index in [0.29, 0.717) is 18.6 Å². The number of nitrogens with one attached hydrogen (secondary N) is 2. The van der Waals surface area contributed by atoms with Gasteiger partial charge in [-0.2, -0.15) is 0 Å². The van der Waals surface area contributed by atoms with E-state index < -0.39 is 0 Å². The third-order valence-electron chi connectivity index (χ3n) is 4.15. The maximum absolute atomic E-state index is 13.6. The lowest BCUT2D eigenvalue weighted by Crippen LogP contribution is -2.20. The molecule has 0 bridgehead atoms. The van der Waals surface area contributed by atoms with Crippen LogP contribution < -0.4 is 9.65 Å². The van der Waals surface area contributed by atoms with Crippen molar-refractivity contribution in [3.63, 3.8) is 0 Å². The molecule has 1 aliphatic rings. The first-order chi connectivity index (χ1) is 12.1. The summed E-state index contributed by atoms with van der Waals surface area (Å²) in [4.78, 5) is 2.00. The third kappa shape index (κ3) is 4.70. The largest absolute Gasteiger partial charge is 0.457 e. The molecule has 0 aliphatic carbocycles. The van der Waals surface area contributed by atoms with Gasteiger partial charge in [0.25, 0.3) is 0 Å². The molecule has 1 aliphatic heterocycles. The average Bonchev–Trinajstić information content (AvgIpc) is 2.76. The van der Waals surface area contributed by atoms with Gasteiger partial charge in [0, 0.05) is 7.11 Å². The molecule has 0 spiro atoms. The summed E-state index contributed by atoms with van der Waals surface area (Å²) < 4.78 is 24.8. The number of halogens is 1. The zero-order valence-corrected chi connectivity index (χ0v) is 13.9. The Morgan fingerprint density at radius 1 is 1.28 bits per heavy atom. The predicted molar refractivity (Wildman–Crippen MR) is 89.4 cm³/mol. The second-order valence-electron chi connectivity index (χ2n) is 5.68. The summed E-state index contributed by atoms with van der Waals surface area (Å²) in [6, 6.07) is 12.4. The van der Waals surface area contributed by atoms with Crippen LogP contribution in [0, 0.1) is 16.9 Å². The fraction of sp³-hybridized carbons (Fsp3) is 0.333. The summed E-state index contributed by atoms with van der Waals surface area (Å²) >= 11 is 0. The first kappa shape index (κ1) is 18.7. The maximum atomic E-state index is 13.6. The zero-order chi connectivity index (χ0) is 18.2. The Balaban J connectivity index is 0.000000701. The van der Waals surface area contributed by atoms with E-state index in [1.54, 1.807) is 13.2 Å². The highest BCUT2D eigenvalue weighted by molar-refractivity contribution is 5.47. The number of benzene rings is 2. The molecule has 0 fully saturated rings. The molecule has 0 saturated heterocycles. The summed E-state index contributed by atoms with van der Waals surface area (Å²) in [5.41, 5.74) is 12.9. The molecular weight excluding hydrogens is 325 g/mol. The van der Waals surface area contributed by atoms with Crippen LogP contribution in [0.5, 0.6) is 11.5 Å². The van der Waals surface area contributed by atoms with E-state index in [2.05, 4.69) is 0 Å². The van der Waals surface area contributed by atoms with Gasteiger partial charge in [-0.3, -0.25) is 0 Å². The van der Waals surface area contributed by atoms with Crippen LogP contribution in [0.3, 0.4) is 0 Å². The number of hydrogen-bond acceptors (Lipinski definition) is 5. The van der Waals surface area contributed by atoms with E-state index in [1.807, 2.05) is 29.2 Å². The fourth-order valence-electron chi connectivity index (χ4n) is 2.98. The minimum absolute atomic E-state index is 0.0357. The van der Waals surface area contributed by atoms with E-state index in [4.69, 9.17) is 20.5 Å². The van der Waals surface area contributed by atoms with Crippen molar-refractivity contribution in [2.75, 3.05) is 13.7 Å². The summed E-state index contributed by atoms with van der Waals surface area (Å²) in [5, 5.41) is 9.40. The van der Waals surface area contributed by atoms with Crippen LogP contribution >= 0.6 is 0 Å². The van der Waals surface area contributed by atoms with Crippen LogP contribution in [0.1, 0.15) is 23.5 Å². The Bertz CT molecular complexity index is 744. The van der Waals surface area contributed by atoms with Crippen molar-refractivity contribution < 1.29 is 19.0 Å². The van der Waals surface area contributed by atoms with Gasteiger partial charge in [0.05, 0.1) is 12.7 Å². The van der Waals surface area contributed by atoms with Crippen LogP contribution in [-0.4, -0.2) is 24.9 Å². The second kappa shape index (κ2) is 9.03. The van der Waals surface area contributed by atoms with Crippen LogP contribution in [0.2, 0.25) is 0 Å². The lowest BCUT2D eigenvalue weighted by molar-refractivity contribution is 0.0382. The summed E-state index contributed by atoms with van der Waals surface area (Å²) in [5.74, 6) is 1.31. The lowest BCUT2D eigenvalue weighted by Gasteiger charge is -2.21. The molecule has 3 rings (SSSR count). The van der Waals surface area contributed by atoms with E-state index in [0.717, 1.165) is 16.9 Å². The molecule has 2 unspecified atom stereocenters. The van der Waals surface area contributed by atoms with Gasteiger partial charge in [-0.05, 0) is 54.2 Å². The number of aliphatic hydroxyl groups excluding tert-OH is 1. The van der Waals surface area contributed by atoms with Crippen molar-refractivity contribution in [3.05, 3.63) is 59.4 Å². The van der Waals surface area contributed by atoms with Gasteiger partial charge in [-0.25, -0.2) is 4.39 Å². The van der Waals surface area contributed by atoms with Crippen molar-refractivity contribution in [2.45, 2.75) is 24.9 Å². The van der Waals surface area contributed by atoms with Crippen molar-refractivity contribution in [1.29, 1.82) is 11.1 Å². The number of rotatable bonds is 4. The molecule has 25 heavy (non-hydrogen) atoms. The standard InChI is InChI=1S/C18H19FO3.H2N3/c1-21-15(11-20)10-12-8-13-9-14(19)6-7-17(13)22-18-5-3-2-4-16(12)18;1-3-2/h2-7,9,12,15,20H,8,10-11H2,1H3;1-2H/q;+1. The monoisotopic (exact) mass is 346 g/mol. The highest BCUT2D eigenvalue weighted by Gasteiger charge is 2.26. The summed E-state index contributed by atoms with van der Waals surface area (Å²) in [7, 11) is 1.59. The fourth-order valence-corrected chi connectivity index (χ4v) is 2.98. The van der Waals surface area contributed by atoms with Gasteiger partial charge in [0.15, 0.2) is 0 Å². The minimum Gasteiger partial charge on any atom is -0.457 e. The van der Waals surface area contributed by atoms with E-state index in [1.165, 1.54) is 12.1 Å². The first-order valence-electron chi connectivity index (χ1n) is 7.85. The molecule has 0 aromatic heterocycles. The summed E-state index contributed by atoms with van der Waals surface area (Å²) in [6.45, 7) is -0.0357.